The normalized spacial score (nSPS) is 10.9. The van der Waals surface area contributed by atoms with Crippen molar-refractivity contribution in [2.45, 2.75) is 0 Å². The number of carbonyl (C=O) groups excluding carboxylic acids is 1. The largest absolute Gasteiger partial charge is 0.507 e. The molecule has 0 aromatic heterocycles. The second kappa shape index (κ2) is 6.79. The van der Waals surface area contributed by atoms with Gasteiger partial charge in [-0.15, -0.1) is 0 Å². The number of non-ortho nitro benzene ring substituents is 1. The number of aromatic hydroxyl groups is 1. The van der Waals surface area contributed by atoms with Crippen LogP contribution in [0.4, 0.5) is 5.69 Å². The summed E-state index contributed by atoms with van der Waals surface area (Å²) < 4.78 is 0. The van der Waals surface area contributed by atoms with Gasteiger partial charge >= 0.3 is 0 Å². The van der Waals surface area contributed by atoms with Gasteiger partial charge in [-0.3, -0.25) is 14.9 Å². The molecular weight excluding hydrogens is 322 g/mol. The summed E-state index contributed by atoms with van der Waals surface area (Å²) in [6, 6.07) is 16.2. The molecule has 0 aliphatic heterocycles. The predicted octanol–water partition coefficient (Wildman–Crippen LogP) is 3.22. The topological polar surface area (TPSA) is 105 Å². The van der Waals surface area contributed by atoms with E-state index in [-0.39, 0.29) is 17.0 Å². The Hall–Kier alpha value is -3.74. The fraction of sp³-hybridized carbons (Fsp3) is 0. The van der Waals surface area contributed by atoms with Gasteiger partial charge in [-0.1, -0.05) is 30.3 Å². The number of benzene rings is 3. The minimum absolute atomic E-state index is 0.0343. The molecule has 3 aromatic carbocycles. The Kier molecular flexibility index (Phi) is 4.38. The summed E-state index contributed by atoms with van der Waals surface area (Å²) >= 11 is 0. The van der Waals surface area contributed by atoms with Crippen molar-refractivity contribution in [1.82, 2.24) is 5.43 Å². The van der Waals surface area contributed by atoms with Gasteiger partial charge in [-0.25, -0.2) is 5.43 Å². The van der Waals surface area contributed by atoms with Crippen LogP contribution in [0.1, 0.15) is 15.9 Å². The minimum atomic E-state index is -0.583. The number of carbonyl (C=O) groups is 1. The first-order valence-electron chi connectivity index (χ1n) is 7.34. The number of rotatable bonds is 4. The van der Waals surface area contributed by atoms with E-state index in [0.29, 0.717) is 5.56 Å². The Morgan fingerprint density at radius 1 is 1.08 bits per heavy atom. The van der Waals surface area contributed by atoms with Gasteiger partial charge in [0.1, 0.15) is 5.75 Å². The first-order valence-corrected chi connectivity index (χ1v) is 7.34. The summed E-state index contributed by atoms with van der Waals surface area (Å²) in [5, 5.41) is 26.4. The SMILES string of the molecule is O=C(NN=Cc1cc2ccccc2cc1O)c1cccc([N+](=O)[O-])c1. The van der Waals surface area contributed by atoms with E-state index in [9.17, 15) is 20.0 Å². The standard InChI is InChI=1S/C18H13N3O4/c22-17-10-13-5-2-1-4-12(13)8-15(17)11-19-20-18(23)14-6-3-7-16(9-14)21(24)25/h1-11,22H,(H,20,23). The molecule has 0 fully saturated rings. The minimum Gasteiger partial charge on any atom is -0.507 e. The van der Waals surface area contributed by atoms with Crippen molar-refractivity contribution in [3.8, 4) is 5.75 Å². The van der Waals surface area contributed by atoms with Crippen LogP contribution in [-0.2, 0) is 0 Å². The summed E-state index contributed by atoms with van der Waals surface area (Å²) in [6.45, 7) is 0. The van der Waals surface area contributed by atoms with Crippen LogP contribution in [0.25, 0.3) is 10.8 Å². The number of hydrazone groups is 1. The fourth-order valence-electron chi connectivity index (χ4n) is 2.33. The first-order chi connectivity index (χ1) is 12.0. The summed E-state index contributed by atoms with van der Waals surface area (Å²) in [4.78, 5) is 22.2. The summed E-state index contributed by atoms with van der Waals surface area (Å²) in [6.07, 6.45) is 1.32. The van der Waals surface area contributed by atoms with E-state index >= 15 is 0 Å². The highest BCUT2D eigenvalue weighted by Crippen LogP contribution is 2.23. The first kappa shape index (κ1) is 16.1. The zero-order valence-electron chi connectivity index (χ0n) is 12.9. The van der Waals surface area contributed by atoms with Crippen molar-refractivity contribution >= 4 is 28.6 Å². The third kappa shape index (κ3) is 3.61. The van der Waals surface area contributed by atoms with Crippen LogP contribution in [-0.4, -0.2) is 22.2 Å². The molecule has 0 saturated heterocycles. The Morgan fingerprint density at radius 2 is 1.80 bits per heavy atom. The Morgan fingerprint density at radius 3 is 2.52 bits per heavy atom. The van der Waals surface area contributed by atoms with Gasteiger partial charge < -0.3 is 5.11 Å². The third-order valence-corrected chi connectivity index (χ3v) is 3.58. The molecule has 7 heteroatoms. The number of phenolic OH excluding ortho intramolecular Hbond substituents is 1. The van der Waals surface area contributed by atoms with Crippen molar-refractivity contribution in [2.75, 3.05) is 0 Å². The lowest BCUT2D eigenvalue weighted by Gasteiger charge is -2.03. The van der Waals surface area contributed by atoms with Crippen LogP contribution in [0.2, 0.25) is 0 Å². The van der Waals surface area contributed by atoms with Gasteiger partial charge in [0.2, 0.25) is 0 Å². The van der Waals surface area contributed by atoms with Gasteiger partial charge in [-0.05, 0) is 29.0 Å². The molecule has 3 rings (SSSR count). The molecule has 0 aliphatic carbocycles. The zero-order valence-corrected chi connectivity index (χ0v) is 12.9. The van der Waals surface area contributed by atoms with E-state index in [1.807, 2.05) is 24.3 Å². The van der Waals surface area contributed by atoms with Crippen LogP contribution in [0.3, 0.4) is 0 Å². The number of fused-ring (bicyclic) bond motifs is 1. The molecule has 0 unspecified atom stereocenters. The average Bonchev–Trinajstić information content (AvgIpc) is 2.62. The molecule has 124 valence electrons. The Balaban J connectivity index is 1.77. The Bertz CT molecular complexity index is 999. The van der Waals surface area contributed by atoms with Gasteiger partial charge in [-0.2, -0.15) is 5.10 Å². The van der Waals surface area contributed by atoms with Gasteiger partial charge in [0.05, 0.1) is 11.1 Å². The molecular formula is C18H13N3O4. The molecule has 0 aliphatic rings. The number of phenols is 1. The van der Waals surface area contributed by atoms with Crippen molar-refractivity contribution in [3.63, 3.8) is 0 Å². The highest BCUT2D eigenvalue weighted by molar-refractivity contribution is 5.97. The van der Waals surface area contributed by atoms with Gasteiger partial charge in [0, 0.05) is 23.3 Å². The highest BCUT2D eigenvalue weighted by Gasteiger charge is 2.10. The molecule has 25 heavy (non-hydrogen) atoms. The lowest BCUT2D eigenvalue weighted by atomic mass is 10.1. The molecule has 1 amide bonds. The number of nitrogens with one attached hydrogen (secondary N) is 1. The molecule has 0 atom stereocenters. The number of amides is 1. The molecule has 0 radical (unpaired) electrons. The molecule has 0 saturated carbocycles. The lowest BCUT2D eigenvalue weighted by molar-refractivity contribution is -0.384. The zero-order chi connectivity index (χ0) is 17.8. The molecule has 0 bridgehead atoms. The van der Waals surface area contributed by atoms with E-state index in [1.165, 1.54) is 30.5 Å². The lowest BCUT2D eigenvalue weighted by Crippen LogP contribution is -2.17. The summed E-state index contributed by atoms with van der Waals surface area (Å²) in [5.41, 5.74) is 2.67. The van der Waals surface area contributed by atoms with Crippen LogP contribution in [0, 0.1) is 10.1 Å². The maximum absolute atomic E-state index is 12.0. The van der Waals surface area contributed by atoms with Crippen LogP contribution >= 0.6 is 0 Å². The van der Waals surface area contributed by atoms with Crippen molar-refractivity contribution in [3.05, 3.63) is 81.9 Å². The summed E-state index contributed by atoms with van der Waals surface area (Å²) in [5.74, 6) is -0.549. The van der Waals surface area contributed by atoms with Crippen LogP contribution < -0.4 is 5.43 Å². The maximum Gasteiger partial charge on any atom is 0.271 e. The maximum atomic E-state index is 12.0. The quantitative estimate of drug-likeness (QED) is 0.434. The highest BCUT2D eigenvalue weighted by atomic mass is 16.6. The number of hydrogen-bond acceptors (Lipinski definition) is 5. The van der Waals surface area contributed by atoms with E-state index < -0.39 is 10.8 Å². The molecule has 0 spiro atoms. The number of hydrogen-bond donors (Lipinski definition) is 2. The van der Waals surface area contributed by atoms with E-state index in [0.717, 1.165) is 10.8 Å². The smallest absolute Gasteiger partial charge is 0.271 e. The molecule has 7 nitrogen and oxygen atoms in total. The van der Waals surface area contributed by atoms with Gasteiger partial charge in [0.15, 0.2) is 0 Å². The van der Waals surface area contributed by atoms with E-state index in [1.54, 1.807) is 12.1 Å². The van der Waals surface area contributed by atoms with Gasteiger partial charge in [0.25, 0.3) is 11.6 Å². The average molecular weight is 335 g/mol. The Labute approximate surface area is 142 Å². The van der Waals surface area contributed by atoms with Crippen LogP contribution in [0.5, 0.6) is 5.75 Å². The van der Waals surface area contributed by atoms with E-state index in [2.05, 4.69) is 10.5 Å². The molecule has 2 N–H and O–H groups in total. The number of nitro benzene ring substituents is 1. The monoisotopic (exact) mass is 335 g/mol. The second-order valence-corrected chi connectivity index (χ2v) is 5.26. The number of nitrogens with zero attached hydrogens (tertiary/aromatic N) is 2. The van der Waals surface area contributed by atoms with E-state index in [4.69, 9.17) is 0 Å². The summed E-state index contributed by atoms with van der Waals surface area (Å²) in [7, 11) is 0. The molecule has 0 heterocycles. The second-order valence-electron chi connectivity index (χ2n) is 5.26. The number of nitro groups is 1. The van der Waals surface area contributed by atoms with Crippen molar-refractivity contribution < 1.29 is 14.8 Å². The fourth-order valence-corrected chi connectivity index (χ4v) is 2.33. The van der Waals surface area contributed by atoms with Crippen molar-refractivity contribution in [1.29, 1.82) is 0 Å². The molecule has 3 aromatic rings. The van der Waals surface area contributed by atoms with Crippen LogP contribution in [0.15, 0.2) is 65.8 Å². The van der Waals surface area contributed by atoms with Crippen molar-refractivity contribution in [2.24, 2.45) is 5.10 Å². The predicted molar refractivity (Wildman–Crippen MR) is 93.8 cm³/mol. The third-order valence-electron chi connectivity index (χ3n) is 3.58.